The van der Waals surface area contributed by atoms with Crippen LogP contribution in [0.2, 0.25) is 0 Å². The Hall–Kier alpha value is -1.60. The molecule has 1 heterocycles. The Bertz CT molecular complexity index is 607. The fourth-order valence-corrected chi connectivity index (χ4v) is 3.65. The molecule has 1 fully saturated rings. The molecule has 1 unspecified atom stereocenters. The van der Waals surface area contributed by atoms with Gasteiger partial charge in [0, 0.05) is 30.9 Å². The summed E-state index contributed by atoms with van der Waals surface area (Å²) in [5, 5.41) is 3.24. The Morgan fingerprint density at radius 1 is 1.36 bits per heavy atom. The summed E-state index contributed by atoms with van der Waals surface area (Å²) in [6.45, 7) is 3.56. The van der Waals surface area contributed by atoms with Gasteiger partial charge in [-0.15, -0.1) is 0 Å². The van der Waals surface area contributed by atoms with Crippen LogP contribution in [0.1, 0.15) is 30.1 Å². The molecule has 6 nitrogen and oxygen atoms in total. The van der Waals surface area contributed by atoms with Gasteiger partial charge in [-0.25, -0.2) is 8.42 Å². The normalized spacial score (nSPS) is 18.2. The largest absolute Gasteiger partial charge is 0.337 e. The summed E-state index contributed by atoms with van der Waals surface area (Å²) < 4.78 is 25.9. The Labute approximate surface area is 131 Å². The first-order chi connectivity index (χ1) is 10.4. The molecule has 1 aliphatic rings. The van der Waals surface area contributed by atoms with E-state index in [0.717, 1.165) is 19.5 Å². The van der Waals surface area contributed by atoms with Crippen LogP contribution in [0.5, 0.6) is 0 Å². The minimum absolute atomic E-state index is 0.0448. The SMILES string of the molecule is CCCS(=O)(=O)Nc1ccc(C(=O)N(C)C2CCNC2)cc1. The molecule has 2 rings (SSSR count). The number of anilines is 1. The van der Waals surface area contributed by atoms with Crippen molar-refractivity contribution in [1.82, 2.24) is 10.2 Å². The molecule has 7 heteroatoms. The van der Waals surface area contributed by atoms with Crippen LogP contribution in [0.4, 0.5) is 5.69 Å². The van der Waals surface area contributed by atoms with E-state index in [1.54, 1.807) is 36.2 Å². The van der Waals surface area contributed by atoms with Crippen LogP contribution in [-0.4, -0.2) is 51.2 Å². The minimum Gasteiger partial charge on any atom is -0.337 e. The number of carbonyl (C=O) groups is 1. The molecule has 122 valence electrons. The number of sulfonamides is 1. The summed E-state index contributed by atoms with van der Waals surface area (Å²) in [4.78, 5) is 14.1. The first-order valence-electron chi connectivity index (χ1n) is 7.51. The lowest BCUT2D eigenvalue weighted by molar-refractivity contribution is 0.0744. The summed E-state index contributed by atoms with van der Waals surface area (Å²) in [7, 11) is -1.50. The second-order valence-corrected chi connectivity index (χ2v) is 7.40. The summed E-state index contributed by atoms with van der Waals surface area (Å²) in [6, 6.07) is 6.79. The first-order valence-corrected chi connectivity index (χ1v) is 9.16. The number of hydrogen-bond acceptors (Lipinski definition) is 4. The Kier molecular flexibility index (Phi) is 5.42. The maximum absolute atomic E-state index is 12.4. The van der Waals surface area contributed by atoms with Gasteiger partial charge in [-0.1, -0.05) is 6.92 Å². The molecule has 0 aromatic heterocycles. The smallest absolute Gasteiger partial charge is 0.253 e. The van der Waals surface area contributed by atoms with E-state index in [1.807, 2.05) is 6.92 Å². The molecule has 0 spiro atoms. The first kappa shape index (κ1) is 16.8. The van der Waals surface area contributed by atoms with E-state index in [2.05, 4.69) is 10.0 Å². The molecule has 22 heavy (non-hydrogen) atoms. The van der Waals surface area contributed by atoms with Crippen molar-refractivity contribution < 1.29 is 13.2 Å². The van der Waals surface area contributed by atoms with Crippen molar-refractivity contribution >= 4 is 21.6 Å². The van der Waals surface area contributed by atoms with Gasteiger partial charge in [0.2, 0.25) is 10.0 Å². The lowest BCUT2D eigenvalue weighted by Gasteiger charge is -2.23. The molecule has 1 aromatic carbocycles. The quantitative estimate of drug-likeness (QED) is 0.826. The second-order valence-electron chi connectivity index (χ2n) is 5.56. The van der Waals surface area contributed by atoms with Crippen LogP contribution in [0.15, 0.2) is 24.3 Å². The van der Waals surface area contributed by atoms with Gasteiger partial charge in [0.05, 0.1) is 5.75 Å². The van der Waals surface area contributed by atoms with E-state index < -0.39 is 10.0 Å². The monoisotopic (exact) mass is 325 g/mol. The second kappa shape index (κ2) is 7.11. The number of rotatable bonds is 6. The number of nitrogens with zero attached hydrogens (tertiary/aromatic N) is 1. The number of benzene rings is 1. The van der Waals surface area contributed by atoms with E-state index >= 15 is 0 Å². The van der Waals surface area contributed by atoms with E-state index in [9.17, 15) is 13.2 Å². The maximum atomic E-state index is 12.4. The third kappa shape index (κ3) is 4.20. The molecule has 1 atom stereocenters. The van der Waals surface area contributed by atoms with E-state index in [4.69, 9.17) is 0 Å². The highest BCUT2D eigenvalue weighted by Crippen LogP contribution is 2.15. The highest BCUT2D eigenvalue weighted by Gasteiger charge is 2.23. The molecule has 1 aliphatic heterocycles. The van der Waals surface area contributed by atoms with Crippen LogP contribution < -0.4 is 10.0 Å². The van der Waals surface area contributed by atoms with Crippen molar-refractivity contribution in [2.24, 2.45) is 0 Å². The van der Waals surface area contributed by atoms with Crippen LogP contribution >= 0.6 is 0 Å². The molecular formula is C15H23N3O3S. The average molecular weight is 325 g/mol. The number of carbonyl (C=O) groups excluding carboxylic acids is 1. The van der Waals surface area contributed by atoms with Gasteiger partial charge >= 0.3 is 0 Å². The van der Waals surface area contributed by atoms with Crippen LogP contribution in [-0.2, 0) is 10.0 Å². The Morgan fingerprint density at radius 2 is 2.05 bits per heavy atom. The van der Waals surface area contributed by atoms with Gasteiger partial charge in [0.15, 0.2) is 0 Å². The van der Waals surface area contributed by atoms with Crippen molar-refractivity contribution in [3.63, 3.8) is 0 Å². The predicted octanol–water partition coefficient (Wildman–Crippen LogP) is 1.27. The lowest BCUT2D eigenvalue weighted by Crippen LogP contribution is -2.38. The number of hydrogen-bond donors (Lipinski definition) is 2. The van der Waals surface area contributed by atoms with E-state index in [0.29, 0.717) is 17.7 Å². The van der Waals surface area contributed by atoms with Gasteiger partial charge in [0.1, 0.15) is 0 Å². The minimum atomic E-state index is -3.30. The molecule has 1 aromatic rings. The number of likely N-dealkylation sites (N-methyl/N-ethyl adjacent to an activating group) is 1. The summed E-state index contributed by atoms with van der Waals surface area (Å²) in [5.74, 6) is 0.0436. The zero-order chi connectivity index (χ0) is 16.2. The molecule has 2 N–H and O–H groups in total. The zero-order valence-corrected chi connectivity index (χ0v) is 13.8. The van der Waals surface area contributed by atoms with Gasteiger partial charge in [0.25, 0.3) is 5.91 Å². The summed E-state index contributed by atoms with van der Waals surface area (Å²) >= 11 is 0. The van der Waals surface area contributed by atoms with Gasteiger partial charge in [-0.2, -0.15) is 0 Å². The van der Waals surface area contributed by atoms with Crippen LogP contribution in [0.3, 0.4) is 0 Å². The molecule has 1 saturated heterocycles. The third-order valence-corrected chi connectivity index (χ3v) is 5.27. The van der Waals surface area contributed by atoms with Crippen molar-refractivity contribution in [2.75, 3.05) is 30.6 Å². The fourth-order valence-electron chi connectivity index (χ4n) is 2.52. The maximum Gasteiger partial charge on any atom is 0.253 e. The van der Waals surface area contributed by atoms with Crippen LogP contribution in [0, 0.1) is 0 Å². The molecular weight excluding hydrogens is 302 g/mol. The fraction of sp³-hybridized carbons (Fsp3) is 0.533. The molecule has 0 saturated carbocycles. The van der Waals surface area contributed by atoms with E-state index in [1.165, 1.54) is 0 Å². The molecule has 1 amide bonds. The van der Waals surface area contributed by atoms with Crippen molar-refractivity contribution in [3.8, 4) is 0 Å². The molecule has 0 aliphatic carbocycles. The highest BCUT2D eigenvalue weighted by molar-refractivity contribution is 7.92. The Morgan fingerprint density at radius 3 is 2.59 bits per heavy atom. The molecule has 0 radical (unpaired) electrons. The topological polar surface area (TPSA) is 78.5 Å². The highest BCUT2D eigenvalue weighted by atomic mass is 32.2. The summed E-state index contributed by atoms with van der Waals surface area (Å²) in [6.07, 6.45) is 1.52. The van der Waals surface area contributed by atoms with Gasteiger partial charge < -0.3 is 10.2 Å². The third-order valence-electron chi connectivity index (χ3n) is 3.78. The van der Waals surface area contributed by atoms with Crippen molar-refractivity contribution in [3.05, 3.63) is 29.8 Å². The average Bonchev–Trinajstić information content (AvgIpc) is 3.00. The van der Waals surface area contributed by atoms with Crippen molar-refractivity contribution in [2.45, 2.75) is 25.8 Å². The standard InChI is InChI=1S/C15H23N3O3S/c1-3-10-22(20,21)17-13-6-4-12(5-7-13)15(19)18(2)14-8-9-16-11-14/h4-7,14,16-17H,3,8-11H2,1-2H3. The summed E-state index contributed by atoms with van der Waals surface area (Å²) in [5.41, 5.74) is 1.04. The van der Waals surface area contributed by atoms with Gasteiger partial charge in [-0.05, 0) is 43.7 Å². The number of nitrogens with one attached hydrogen (secondary N) is 2. The van der Waals surface area contributed by atoms with Crippen molar-refractivity contribution in [1.29, 1.82) is 0 Å². The Balaban J connectivity index is 2.03. The zero-order valence-electron chi connectivity index (χ0n) is 13.0. The van der Waals surface area contributed by atoms with Gasteiger partial charge in [-0.3, -0.25) is 9.52 Å². The lowest BCUT2D eigenvalue weighted by atomic mass is 10.1. The number of amides is 1. The molecule has 0 bridgehead atoms. The predicted molar refractivity (Wildman–Crippen MR) is 87.5 cm³/mol. The van der Waals surface area contributed by atoms with E-state index in [-0.39, 0.29) is 17.7 Å². The van der Waals surface area contributed by atoms with Crippen LogP contribution in [0.25, 0.3) is 0 Å².